The van der Waals surface area contributed by atoms with E-state index in [1.807, 2.05) is 0 Å². The van der Waals surface area contributed by atoms with Crippen LogP contribution in [0.2, 0.25) is 0 Å². The highest BCUT2D eigenvalue weighted by molar-refractivity contribution is 5.67. The predicted octanol–water partition coefficient (Wildman–Crippen LogP) is 1.79. The van der Waals surface area contributed by atoms with Gasteiger partial charge in [-0.2, -0.15) is 13.2 Å². The van der Waals surface area contributed by atoms with Crippen LogP contribution in [0.25, 0.3) is 0 Å². The molecular formula is C9H17F3N2O2. The number of rotatable bonds is 3. The normalized spacial score (nSPS) is 14.4. The quantitative estimate of drug-likeness (QED) is 0.793. The molecule has 0 bridgehead atoms. The summed E-state index contributed by atoms with van der Waals surface area (Å²) in [4.78, 5) is 11.0. The second-order valence-corrected chi connectivity index (χ2v) is 4.37. The summed E-state index contributed by atoms with van der Waals surface area (Å²) in [7, 11) is 0. The molecule has 96 valence electrons. The van der Waals surface area contributed by atoms with Crippen molar-refractivity contribution in [3.05, 3.63) is 0 Å². The van der Waals surface area contributed by atoms with E-state index in [1.54, 1.807) is 20.8 Å². The van der Waals surface area contributed by atoms with E-state index in [2.05, 4.69) is 5.32 Å². The summed E-state index contributed by atoms with van der Waals surface area (Å²) >= 11 is 0. The molecule has 0 saturated heterocycles. The van der Waals surface area contributed by atoms with Crippen LogP contribution in [-0.4, -0.2) is 30.5 Å². The molecule has 4 nitrogen and oxygen atoms in total. The minimum Gasteiger partial charge on any atom is -0.444 e. The number of nitrogens with one attached hydrogen (secondary N) is 1. The summed E-state index contributed by atoms with van der Waals surface area (Å²) in [5.74, 6) is 0. The van der Waals surface area contributed by atoms with E-state index in [0.717, 1.165) is 0 Å². The topological polar surface area (TPSA) is 64.3 Å². The molecule has 0 aliphatic carbocycles. The molecule has 1 amide bonds. The molecule has 16 heavy (non-hydrogen) atoms. The summed E-state index contributed by atoms with van der Waals surface area (Å²) in [5.41, 5.74) is 4.18. The van der Waals surface area contributed by atoms with Gasteiger partial charge in [-0.25, -0.2) is 4.79 Å². The lowest BCUT2D eigenvalue weighted by atomic mass is 10.2. The number of carbonyl (C=O) groups excluding carboxylic acids is 1. The number of nitrogens with two attached hydrogens (primary N) is 1. The lowest BCUT2D eigenvalue weighted by Gasteiger charge is -2.20. The van der Waals surface area contributed by atoms with E-state index >= 15 is 0 Å². The third-order valence-corrected chi connectivity index (χ3v) is 1.54. The Morgan fingerprint density at radius 1 is 1.38 bits per heavy atom. The van der Waals surface area contributed by atoms with Gasteiger partial charge in [0, 0.05) is 6.54 Å². The Morgan fingerprint density at radius 3 is 2.25 bits per heavy atom. The molecule has 0 saturated carbocycles. The molecule has 0 aromatic carbocycles. The Labute approximate surface area is 92.3 Å². The highest BCUT2D eigenvalue weighted by Gasteiger charge is 2.36. The lowest BCUT2D eigenvalue weighted by Crippen LogP contribution is -2.41. The highest BCUT2D eigenvalue weighted by Crippen LogP contribution is 2.20. The molecule has 0 aliphatic rings. The van der Waals surface area contributed by atoms with E-state index in [0.29, 0.717) is 0 Å². The van der Waals surface area contributed by atoms with Gasteiger partial charge in [0.2, 0.25) is 0 Å². The average Bonchev–Trinajstić information content (AvgIpc) is 1.98. The van der Waals surface area contributed by atoms with Crippen molar-refractivity contribution >= 4 is 6.09 Å². The maximum atomic E-state index is 12.0. The van der Waals surface area contributed by atoms with Crippen molar-refractivity contribution in [2.24, 2.45) is 5.73 Å². The molecule has 0 rings (SSSR count). The third kappa shape index (κ3) is 7.33. The second kappa shape index (κ2) is 5.38. The van der Waals surface area contributed by atoms with Gasteiger partial charge in [0.1, 0.15) is 11.6 Å². The molecule has 0 aliphatic heterocycles. The first-order valence-corrected chi connectivity index (χ1v) is 4.81. The van der Waals surface area contributed by atoms with Crippen LogP contribution in [0.3, 0.4) is 0 Å². The van der Waals surface area contributed by atoms with Gasteiger partial charge in [-0.3, -0.25) is 0 Å². The number of hydrogen-bond acceptors (Lipinski definition) is 3. The standard InChI is InChI=1S/C9H17F3N2O2/c1-8(2,3)16-7(15)14-5-4-6(13)9(10,11)12/h6H,4-5,13H2,1-3H3,(H,14,15). The first-order valence-electron chi connectivity index (χ1n) is 4.81. The lowest BCUT2D eigenvalue weighted by molar-refractivity contribution is -0.148. The largest absolute Gasteiger partial charge is 0.444 e. The number of carbonyl (C=O) groups is 1. The van der Waals surface area contributed by atoms with E-state index < -0.39 is 23.9 Å². The van der Waals surface area contributed by atoms with Crippen molar-refractivity contribution in [2.75, 3.05) is 6.54 Å². The Kier molecular flexibility index (Phi) is 5.05. The van der Waals surface area contributed by atoms with Gasteiger partial charge in [-0.15, -0.1) is 0 Å². The van der Waals surface area contributed by atoms with Gasteiger partial charge in [0.15, 0.2) is 0 Å². The van der Waals surface area contributed by atoms with Crippen LogP contribution >= 0.6 is 0 Å². The molecule has 3 N–H and O–H groups in total. The Balaban J connectivity index is 3.79. The Bertz CT molecular complexity index is 236. The number of amides is 1. The zero-order valence-electron chi connectivity index (χ0n) is 9.52. The Morgan fingerprint density at radius 2 is 1.88 bits per heavy atom. The number of alkyl carbamates (subject to hydrolysis) is 1. The minimum absolute atomic E-state index is 0.171. The van der Waals surface area contributed by atoms with Gasteiger partial charge in [0.25, 0.3) is 0 Å². The fraction of sp³-hybridized carbons (Fsp3) is 0.889. The van der Waals surface area contributed by atoms with Crippen molar-refractivity contribution in [1.29, 1.82) is 0 Å². The number of alkyl halides is 3. The van der Waals surface area contributed by atoms with Crippen LogP contribution in [0.15, 0.2) is 0 Å². The van der Waals surface area contributed by atoms with Gasteiger partial charge >= 0.3 is 12.3 Å². The molecule has 0 aromatic rings. The summed E-state index contributed by atoms with van der Waals surface area (Å²) in [6, 6.07) is -1.93. The first-order chi connectivity index (χ1) is 7.02. The van der Waals surface area contributed by atoms with Gasteiger partial charge in [-0.05, 0) is 27.2 Å². The predicted molar refractivity (Wildman–Crippen MR) is 52.9 cm³/mol. The molecule has 0 spiro atoms. The van der Waals surface area contributed by atoms with Crippen molar-refractivity contribution in [3.8, 4) is 0 Å². The third-order valence-electron chi connectivity index (χ3n) is 1.54. The van der Waals surface area contributed by atoms with E-state index in [1.165, 1.54) is 0 Å². The van der Waals surface area contributed by atoms with Crippen molar-refractivity contribution in [2.45, 2.75) is 45.0 Å². The summed E-state index contributed by atoms with van der Waals surface area (Å²) in [6.45, 7) is 4.81. The van der Waals surface area contributed by atoms with Crippen molar-refractivity contribution < 1.29 is 22.7 Å². The SMILES string of the molecule is CC(C)(C)OC(=O)NCCC(N)C(F)(F)F. The summed E-state index contributed by atoms with van der Waals surface area (Å²) in [6.07, 6.45) is -5.56. The smallest absolute Gasteiger partial charge is 0.407 e. The summed E-state index contributed by atoms with van der Waals surface area (Å²) in [5, 5.41) is 2.20. The maximum Gasteiger partial charge on any atom is 0.407 e. The number of ether oxygens (including phenoxy) is 1. The average molecular weight is 242 g/mol. The highest BCUT2D eigenvalue weighted by atomic mass is 19.4. The minimum atomic E-state index is -4.43. The molecule has 1 atom stereocenters. The van der Waals surface area contributed by atoms with Crippen LogP contribution in [-0.2, 0) is 4.74 Å². The van der Waals surface area contributed by atoms with Gasteiger partial charge < -0.3 is 15.8 Å². The van der Waals surface area contributed by atoms with Crippen LogP contribution < -0.4 is 11.1 Å². The van der Waals surface area contributed by atoms with Gasteiger partial charge in [0.05, 0.1) is 0 Å². The second-order valence-electron chi connectivity index (χ2n) is 4.37. The Hall–Kier alpha value is -0.980. The maximum absolute atomic E-state index is 12.0. The molecule has 0 fully saturated rings. The molecule has 7 heteroatoms. The van der Waals surface area contributed by atoms with E-state index in [-0.39, 0.29) is 13.0 Å². The first kappa shape index (κ1) is 15.0. The number of halogens is 3. The fourth-order valence-electron chi connectivity index (χ4n) is 0.808. The fourth-order valence-corrected chi connectivity index (χ4v) is 0.808. The van der Waals surface area contributed by atoms with Crippen LogP contribution in [0.4, 0.5) is 18.0 Å². The van der Waals surface area contributed by atoms with Gasteiger partial charge in [-0.1, -0.05) is 0 Å². The van der Waals surface area contributed by atoms with Crippen molar-refractivity contribution in [1.82, 2.24) is 5.32 Å². The molecule has 0 radical (unpaired) electrons. The van der Waals surface area contributed by atoms with Crippen LogP contribution in [0, 0.1) is 0 Å². The zero-order chi connectivity index (χ0) is 13.0. The molecule has 0 heterocycles. The van der Waals surface area contributed by atoms with E-state index in [9.17, 15) is 18.0 Å². The monoisotopic (exact) mass is 242 g/mol. The molecule has 0 aromatic heterocycles. The zero-order valence-corrected chi connectivity index (χ0v) is 9.52. The van der Waals surface area contributed by atoms with E-state index in [4.69, 9.17) is 10.5 Å². The van der Waals surface area contributed by atoms with Crippen molar-refractivity contribution in [3.63, 3.8) is 0 Å². The number of hydrogen-bond donors (Lipinski definition) is 2. The molecular weight excluding hydrogens is 225 g/mol. The van der Waals surface area contributed by atoms with Crippen LogP contribution in [0.5, 0.6) is 0 Å². The van der Waals surface area contributed by atoms with Crippen LogP contribution in [0.1, 0.15) is 27.2 Å². The summed E-state index contributed by atoms with van der Waals surface area (Å²) < 4.78 is 40.8. The molecule has 1 unspecified atom stereocenters.